The summed E-state index contributed by atoms with van der Waals surface area (Å²) in [6, 6.07) is 10.8. The number of rotatable bonds is 5. The van der Waals surface area contributed by atoms with Gasteiger partial charge < -0.3 is 14.6 Å². The molecule has 2 amide bonds. The lowest BCUT2D eigenvalue weighted by Crippen LogP contribution is -2.34. The van der Waals surface area contributed by atoms with Crippen molar-refractivity contribution in [3.05, 3.63) is 54.0 Å². The summed E-state index contributed by atoms with van der Waals surface area (Å²) < 4.78 is 5.02. The van der Waals surface area contributed by atoms with Crippen LogP contribution in [0.25, 0.3) is 0 Å². The Morgan fingerprint density at radius 2 is 1.90 bits per heavy atom. The van der Waals surface area contributed by atoms with Crippen LogP contribution in [0.15, 0.2) is 47.1 Å². The monoisotopic (exact) mass is 286 g/mol. The van der Waals surface area contributed by atoms with E-state index in [9.17, 15) is 9.59 Å². The van der Waals surface area contributed by atoms with Crippen LogP contribution in [0, 0.1) is 0 Å². The van der Waals surface area contributed by atoms with Gasteiger partial charge in [-0.05, 0) is 36.2 Å². The van der Waals surface area contributed by atoms with E-state index >= 15 is 0 Å². The summed E-state index contributed by atoms with van der Waals surface area (Å²) in [5.41, 5.74) is 1.93. The van der Waals surface area contributed by atoms with Gasteiger partial charge in [-0.3, -0.25) is 9.59 Å². The normalized spacial score (nSPS) is 10.2. The average Bonchev–Trinajstić information content (AvgIpc) is 3.01. The second kappa shape index (κ2) is 6.74. The first-order chi connectivity index (χ1) is 10.1. The van der Waals surface area contributed by atoms with Gasteiger partial charge in [-0.2, -0.15) is 0 Å². The molecule has 0 aliphatic heterocycles. The van der Waals surface area contributed by atoms with Gasteiger partial charge in [-0.1, -0.05) is 19.1 Å². The van der Waals surface area contributed by atoms with Crippen LogP contribution in [-0.4, -0.2) is 30.3 Å². The summed E-state index contributed by atoms with van der Waals surface area (Å²) in [4.78, 5) is 25.2. The zero-order valence-corrected chi connectivity index (χ0v) is 12.1. The van der Waals surface area contributed by atoms with E-state index in [1.165, 1.54) is 16.7 Å². The van der Waals surface area contributed by atoms with Crippen molar-refractivity contribution < 1.29 is 14.0 Å². The van der Waals surface area contributed by atoms with Crippen molar-refractivity contribution >= 4 is 17.5 Å². The van der Waals surface area contributed by atoms with Crippen LogP contribution in [0.5, 0.6) is 0 Å². The number of hydrogen-bond acceptors (Lipinski definition) is 3. The first-order valence-electron chi connectivity index (χ1n) is 6.78. The fourth-order valence-electron chi connectivity index (χ4n) is 1.90. The Labute approximate surface area is 123 Å². The molecule has 21 heavy (non-hydrogen) atoms. The zero-order valence-electron chi connectivity index (χ0n) is 12.1. The highest BCUT2D eigenvalue weighted by atomic mass is 16.3. The smallest absolute Gasteiger partial charge is 0.289 e. The Morgan fingerprint density at radius 3 is 2.48 bits per heavy atom. The highest BCUT2D eigenvalue weighted by Crippen LogP contribution is 2.10. The van der Waals surface area contributed by atoms with Crippen LogP contribution >= 0.6 is 0 Å². The maximum absolute atomic E-state index is 11.9. The van der Waals surface area contributed by atoms with Crippen LogP contribution < -0.4 is 5.32 Å². The second-order valence-electron chi connectivity index (χ2n) is 4.74. The molecule has 2 rings (SSSR count). The molecule has 1 heterocycles. The Morgan fingerprint density at radius 1 is 1.19 bits per heavy atom. The minimum Gasteiger partial charge on any atom is -0.459 e. The Bertz CT molecular complexity index is 603. The van der Waals surface area contributed by atoms with Crippen molar-refractivity contribution in [2.75, 3.05) is 18.9 Å². The minimum atomic E-state index is -0.323. The van der Waals surface area contributed by atoms with Crippen LogP contribution in [-0.2, 0) is 11.2 Å². The molecule has 0 saturated heterocycles. The topological polar surface area (TPSA) is 62.6 Å². The van der Waals surface area contributed by atoms with E-state index in [2.05, 4.69) is 12.2 Å². The predicted molar refractivity (Wildman–Crippen MR) is 80.1 cm³/mol. The van der Waals surface area contributed by atoms with Crippen LogP contribution in [0.1, 0.15) is 23.0 Å². The van der Waals surface area contributed by atoms with Gasteiger partial charge in [0.15, 0.2) is 5.76 Å². The molecule has 0 fully saturated rings. The number of carbonyl (C=O) groups is 2. The first kappa shape index (κ1) is 14.8. The number of aryl methyl sites for hydroxylation is 1. The summed E-state index contributed by atoms with van der Waals surface area (Å²) >= 11 is 0. The summed E-state index contributed by atoms with van der Waals surface area (Å²) in [5.74, 6) is -0.351. The summed E-state index contributed by atoms with van der Waals surface area (Å²) in [5, 5.41) is 2.76. The van der Waals surface area contributed by atoms with Crippen molar-refractivity contribution in [3.63, 3.8) is 0 Å². The molecule has 0 atom stereocenters. The largest absolute Gasteiger partial charge is 0.459 e. The number of amides is 2. The molecule has 0 aliphatic rings. The van der Waals surface area contributed by atoms with Gasteiger partial charge >= 0.3 is 0 Å². The molecular formula is C16H18N2O3. The van der Waals surface area contributed by atoms with Crippen molar-refractivity contribution in [2.45, 2.75) is 13.3 Å². The third-order valence-electron chi connectivity index (χ3n) is 3.11. The molecule has 0 unspecified atom stereocenters. The molecule has 0 spiro atoms. The highest BCUT2D eigenvalue weighted by Gasteiger charge is 2.17. The van der Waals surface area contributed by atoms with E-state index < -0.39 is 0 Å². The maximum atomic E-state index is 11.9. The molecule has 5 heteroatoms. The van der Waals surface area contributed by atoms with Crippen molar-refractivity contribution in [2.24, 2.45) is 0 Å². The molecular weight excluding hydrogens is 268 g/mol. The number of carbonyl (C=O) groups excluding carboxylic acids is 2. The molecule has 1 N–H and O–H groups in total. The number of anilines is 1. The number of likely N-dealkylation sites (N-methyl/N-ethyl adjacent to an activating group) is 1. The Hall–Kier alpha value is -2.56. The zero-order chi connectivity index (χ0) is 15.2. The van der Waals surface area contributed by atoms with E-state index in [1.54, 1.807) is 19.2 Å². The van der Waals surface area contributed by atoms with Crippen LogP contribution in [0.4, 0.5) is 5.69 Å². The van der Waals surface area contributed by atoms with Crippen molar-refractivity contribution in [1.29, 1.82) is 0 Å². The molecule has 0 aliphatic carbocycles. The van der Waals surface area contributed by atoms with E-state index in [1.807, 2.05) is 24.3 Å². The van der Waals surface area contributed by atoms with Crippen molar-refractivity contribution in [3.8, 4) is 0 Å². The quantitative estimate of drug-likeness (QED) is 0.918. The van der Waals surface area contributed by atoms with Gasteiger partial charge in [0.05, 0.1) is 12.8 Å². The maximum Gasteiger partial charge on any atom is 0.289 e. The van der Waals surface area contributed by atoms with E-state index in [0.717, 1.165) is 12.1 Å². The molecule has 5 nitrogen and oxygen atoms in total. The molecule has 0 radical (unpaired) electrons. The number of hydrogen-bond donors (Lipinski definition) is 1. The third-order valence-corrected chi connectivity index (χ3v) is 3.11. The van der Waals surface area contributed by atoms with E-state index in [0.29, 0.717) is 0 Å². The lowest BCUT2D eigenvalue weighted by molar-refractivity contribution is -0.116. The highest BCUT2D eigenvalue weighted by molar-refractivity contribution is 5.97. The minimum absolute atomic E-state index is 0.0327. The summed E-state index contributed by atoms with van der Waals surface area (Å²) in [7, 11) is 1.56. The van der Waals surface area contributed by atoms with Crippen molar-refractivity contribution in [1.82, 2.24) is 4.90 Å². The molecule has 1 aromatic heterocycles. The fourth-order valence-corrected chi connectivity index (χ4v) is 1.90. The van der Waals surface area contributed by atoms with Gasteiger partial charge in [-0.25, -0.2) is 0 Å². The molecule has 1 aromatic carbocycles. The molecule has 2 aromatic rings. The third kappa shape index (κ3) is 3.95. The molecule has 110 valence electrons. The van der Waals surface area contributed by atoms with Gasteiger partial charge in [0.25, 0.3) is 5.91 Å². The van der Waals surface area contributed by atoms with Crippen LogP contribution in [0.3, 0.4) is 0 Å². The van der Waals surface area contributed by atoms with Crippen LogP contribution in [0.2, 0.25) is 0 Å². The SMILES string of the molecule is CCc1ccc(NC(=O)CN(C)C(=O)c2ccco2)cc1. The number of nitrogens with one attached hydrogen (secondary N) is 1. The summed E-state index contributed by atoms with van der Waals surface area (Å²) in [6.45, 7) is 2.04. The van der Waals surface area contributed by atoms with E-state index in [-0.39, 0.29) is 24.1 Å². The number of furan rings is 1. The Kier molecular flexibility index (Phi) is 4.77. The summed E-state index contributed by atoms with van der Waals surface area (Å²) in [6.07, 6.45) is 2.38. The lowest BCUT2D eigenvalue weighted by atomic mass is 10.1. The lowest BCUT2D eigenvalue weighted by Gasteiger charge is -2.15. The average molecular weight is 286 g/mol. The van der Waals surface area contributed by atoms with Gasteiger partial charge in [0.2, 0.25) is 5.91 Å². The first-order valence-corrected chi connectivity index (χ1v) is 6.78. The number of nitrogens with zero attached hydrogens (tertiary/aromatic N) is 1. The van der Waals surface area contributed by atoms with Gasteiger partial charge in [0.1, 0.15) is 0 Å². The van der Waals surface area contributed by atoms with E-state index in [4.69, 9.17) is 4.42 Å². The second-order valence-corrected chi connectivity index (χ2v) is 4.74. The molecule has 0 bridgehead atoms. The Balaban J connectivity index is 1.90. The van der Waals surface area contributed by atoms with Gasteiger partial charge in [0, 0.05) is 12.7 Å². The standard InChI is InChI=1S/C16H18N2O3/c1-3-12-6-8-13(9-7-12)17-15(19)11-18(2)16(20)14-5-4-10-21-14/h4-10H,3,11H2,1-2H3,(H,17,19). The molecule has 0 saturated carbocycles. The fraction of sp³-hybridized carbons (Fsp3) is 0.250. The van der Waals surface area contributed by atoms with Gasteiger partial charge in [-0.15, -0.1) is 0 Å². The number of benzene rings is 1. The predicted octanol–water partition coefficient (Wildman–Crippen LogP) is 2.55.